The molecular formula is C11H10N4O. The van der Waals surface area contributed by atoms with Gasteiger partial charge in [-0.25, -0.2) is 0 Å². The number of hydrogen-bond donors (Lipinski definition) is 1. The molecule has 2 rings (SSSR count). The van der Waals surface area contributed by atoms with Crippen molar-refractivity contribution in [3.63, 3.8) is 0 Å². The molecule has 1 heterocycles. The third kappa shape index (κ3) is 2.07. The summed E-state index contributed by atoms with van der Waals surface area (Å²) in [6.45, 7) is 0.413. The Balaban J connectivity index is 2.24. The minimum absolute atomic E-state index is 0.141. The molecule has 0 saturated carbocycles. The van der Waals surface area contributed by atoms with Gasteiger partial charge < -0.3 is 9.67 Å². The Morgan fingerprint density at radius 1 is 1.44 bits per heavy atom. The lowest BCUT2D eigenvalue weighted by Gasteiger charge is -2.04. The molecule has 5 nitrogen and oxygen atoms in total. The monoisotopic (exact) mass is 214 g/mol. The van der Waals surface area contributed by atoms with Crippen LogP contribution in [0.15, 0.2) is 30.6 Å². The normalized spacial score (nSPS) is 10.0. The van der Waals surface area contributed by atoms with Crippen LogP contribution in [0.3, 0.4) is 0 Å². The third-order valence-corrected chi connectivity index (χ3v) is 2.25. The number of aromatic nitrogens is 3. The molecule has 0 fully saturated rings. The van der Waals surface area contributed by atoms with E-state index in [1.165, 1.54) is 0 Å². The van der Waals surface area contributed by atoms with Crippen molar-refractivity contribution < 1.29 is 5.11 Å². The van der Waals surface area contributed by atoms with E-state index in [0.717, 1.165) is 5.56 Å². The predicted octanol–water partition coefficient (Wildman–Crippen LogP) is 0.690. The first-order chi connectivity index (χ1) is 7.83. The fourth-order valence-electron chi connectivity index (χ4n) is 1.47. The molecule has 5 heteroatoms. The molecule has 1 aromatic heterocycles. The topological polar surface area (TPSA) is 74.7 Å². The van der Waals surface area contributed by atoms with Gasteiger partial charge in [-0.3, -0.25) is 0 Å². The first kappa shape index (κ1) is 10.3. The summed E-state index contributed by atoms with van der Waals surface area (Å²) in [6, 6.07) is 9.39. The van der Waals surface area contributed by atoms with Crippen molar-refractivity contribution in [3.8, 4) is 6.07 Å². The molecule has 1 aromatic carbocycles. The van der Waals surface area contributed by atoms with Crippen molar-refractivity contribution in [3.05, 3.63) is 47.5 Å². The van der Waals surface area contributed by atoms with Gasteiger partial charge in [-0.05, 0) is 17.7 Å². The number of aliphatic hydroxyl groups is 1. The quantitative estimate of drug-likeness (QED) is 0.815. The van der Waals surface area contributed by atoms with Crippen LogP contribution in [0.5, 0.6) is 0 Å². The summed E-state index contributed by atoms with van der Waals surface area (Å²) in [5.74, 6) is 0.516. The van der Waals surface area contributed by atoms with E-state index < -0.39 is 0 Å². The first-order valence-electron chi connectivity index (χ1n) is 4.80. The molecule has 16 heavy (non-hydrogen) atoms. The largest absolute Gasteiger partial charge is 0.388 e. The van der Waals surface area contributed by atoms with Crippen molar-refractivity contribution in [2.75, 3.05) is 0 Å². The molecule has 0 radical (unpaired) electrons. The molecule has 0 atom stereocenters. The average molecular weight is 214 g/mol. The summed E-state index contributed by atoms with van der Waals surface area (Å²) in [6.07, 6.45) is 1.56. The second kappa shape index (κ2) is 4.55. The minimum Gasteiger partial charge on any atom is -0.388 e. The van der Waals surface area contributed by atoms with Gasteiger partial charge in [0.1, 0.15) is 12.9 Å². The molecule has 1 N–H and O–H groups in total. The molecule has 0 saturated heterocycles. The summed E-state index contributed by atoms with van der Waals surface area (Å²) in [4.78, 5) is 0. The van der Waals surface area contributed by atoms with E-state index in [0.29, 0.717) is 17.9 Å². The van der Waals surface area contributed by atoms with Gasteiger partial charge in [-0.2, -0.15) is 5.26 Å². The third-order valence-electron chi connectivity index (χ3n) is 2.25. The molecule has 80 valence electrons. The van der Waals surface area contributed by atoms with Gasteiger partial charge in [0.2, 0.25) is 0 Å². The van der Waals surface area contributed by atoms with Crippen LogP contribution < -0.4 is 0 Å². The highest BCUT2D eigenvalue weighted by molar-refractivity contribution is 5.32. The van der Waals surface area contributed by atoms with Crippen LogP contribution in [0.4, 0.5) is 0 Å². The Hall–Kier alpha value is -2.19. The lowest BCUT2D eigenvalue weighted by atomic mass is 10.1. The van der Waals surface area contributed by atoms with Crippen molar-refractivity contribution >= 4 is 0 Å². The first-order valence-corrected chi connectivity index (χ1v) is 4.80. The molecule has 0 spiro atoms. The molecule has 0 unspecified atom stereocenters. The van der Waals surface area contributed by atoms with Crippen LogP contribution in [0.25, 0.3) is 0 Å². The summed E-state index contributed by atoms with van der Waals surface area (Å²) < 4.78 is 1.75. The van der Waals surface area contributed by atoms with Gasteiger partial charge in [-0.15, -0.1) is 10.2 Å². The summed E-state index contributed by atoms with van der Waals surface area (Å²) in [5.41, 5.74) is 1.60. The van der Waals surface area contributed by atoms with E-state index in [2.05, 4.69) is 16.3 Å². The van der Waals surface area contributed by atoms with E-state index in [1.54, 1.807) is 23.0 Å². The van der Waals surface area contributed by atoms with Crippen LogP contribution in [-0.4, -0.2) is 19.9 Å². The molecule has 0 aliphatic carbocycles. The van der Waals surface area contributed by atoms with Gasteiger partial charge in [0.15, 0.2) is 5.82 Å². The van der Waals surface area contributed by atoms with Crippen molar-refractivity contribution in [2.24, 2.45) is 0 Å². The summed E-state index contributed by atoms with van der Waals surface area (Å²) >= 11 is 0. The fraction of sp³-hybridized carbons (Fsp3) is 0.182. The molecular weight excluding hydrogens is 204 g/mol. The van der Waals surface area contributed by atoms with Gasteiger partial charge in [0, 0.05) is 0 Å². The maximum absolute atomic E-state index is 9.01. The van der Waals surface area contributed by atoms with Crippen molar-refractivity contribution in [1.82, 2.24) is 14.8 Å². The highest BCUT2D eigenvalue weighted by Crippen LogP contribution is 2.07. The summed E-state index contributed by atoms with van der Waals surface area (Å²) in [5, 5.41) is 25.3. The van der Waals surface area contributed by atoms with E-state index in [9.17, 15) is 0 Å². The summed E-state index contributed by atoms with van der Waals surface area (Å²) in [7, 11) is 0. The Labute approximate surface area is 92.6 Å². The van der Waals surface area contributed by atoms with Gasteiger partial charge in [0.05, 0.1) is 18.2 Å². The van der Waals surface area contributed by atoms with Crippen LogP contribution >= 0.6 is 0 Å². The molecule has 0 aliphatic heterocycles. The van der Waals surface area contributed by atoms with Crippen molar-refractivity contribution in [2.45, 2.75) is 13.2 Å². The van der Waals surface area contributed by atoms with E-state index in [-0.39, 0.29) is 6.61 Å². The molecule has 2 aromatic rings. The van der Waals surface area contributed by atoms with E-state index >= 15 is 0 Å². The van der Waals surface area contributed by atoms with Gasteiger partial charge >= 0.3 is 0 Å². The van der Waals surface area contributed by atoms with Crippen LogP contribution in [0.2, 0.25) is 0 Å². The SMILES string of the molecule is N#Cc1cccc(Cn2cnnc2CO)c1. The van der Waals surface area contributed by atoms with Crippen molar-refractivity contribution in [1.29, 1.82) is 5.26 Å². The Morgan fingerprint density at radius 2 is 2.31 bits per heavy atom. The Bertz CT molecular complexity index is 527. The van der Waals surface area contributed by atoms with E-state index in [4.69, 9.17) is 10.4 Å². The van der Waals surface area contributed by atoms with Gasteiger partial charge in [-0.1, -0.05) is 12.1 Å². The number of nitrogens with zero attached hydrogens (tertiary/aromatic N) is 4. The Kier molecular flexibility index (Phi) is 2.94. The number of rotatable bonds is 3. The zero-order valence-corrected chi connectivity index (χ0v) is 8.54. The highest BCUT2D eigenvalue weighted by atomic mass is 16.3. The van der Waals surface area contributed by atoms with Gasteiger partial charge in [0.25, 0.3) is 0 Å². The predicted molar refractivity (Wildman–Crippen MR) is 56.2 cm³/mol. The zero-order valence-electron chi connectivity index (χ0n) is 8.54. The number of aliphatic hydroxyl groups excluding tert-OH is 1. The Morgan fingerprint density at radius 3 is 3.06 bits per heavy atom. The maximum atomic E-state index is 9.01. The average Bonchev–Trinajstić information content (AvgIpc) is 2.76. The molecule has 0 bridgehead atoms. The minimum atomic E-state index is -0.141. The zero-order chi connectivity index (χ0) is 11.4. The van der Waals surface area contributed by atoms with Crippen LogP contribution in [0, 0.1) is 11.3 Å². The number of nitriles is 1. The standard InChI is InChI=1S/C11H10N4O/c12-5-9-2-1-3-10(4-9)6-15-8-13-14-11(15)7-16/h1-4,8,16H,6-7H2. The fourth-order valence-corrected chi connectivity index (χ4v) is 1.47. The molecule has 0 amide bonds. The maximum Gasteiger partial charge on any atom is 0.158 e. The highest BCUT2D eigenvalue weighted by Gasteiger charge is 2.03. The second-order valence-corrected chi connectivity index (χ2v) is 3.35. The molecule has 0 aliphatic rings. The number of hydrogen-bond acceptors (Lipinski definition) is 4. The lowest BCUT2D eigenvalue weighted by Crippen LogP contribution is -2.04. The number of benzene rings is 1. The van der Waals surface area contributed by atoms with E-state index in [1.807, 2.05) is 12.1 Å². The lowest BCUT2D eigenvalue weighted by molar-refractivity contribution is 0.265. The smallest absolute Gasteiger partial charge is 0.158 e. The van der Waals surface area contributed by atoms with Crippen LogP contribution in [-0.2, 0) is 13.2 Å². The second-order valence-electron chi connectivity index (χ2n) is 3.35. The van der Waals surface area contributed by atoms with Crippen LogP contribution in [0.1, 0.15) is 17.0 Å².